The zero-order valence-corrected chi connectivity index (χ0v) is 11.3. The maximum Gasteiger partial charge on any atom is 0.422 e. The third kappa shape index (κ3) is 5.24. The van der Waals surface area contributed by atoms with Gasteiger partial charge in [-0.3, -0.25) is 4.79 Å². The second-order valence-electron chi connectivity index (χ2n) is 3.88. The average Bonchev–Trinajstić information content (AvgIpc) is 2.46. The van der Waals surface area contributed by atoms with Crippen LogP contribution in [0.2, 0.25) is 0 Å². The SMILES string of the molecule is COc1ccc(NC(=O)C(C#N)=C(O)OCC(F)(F)F)cc1. The Bertz CT molecular complexity index is 603. The summed E-state index contributed by atoms with van der Waals surface area (Å²) in [4.78, 5) is 11.7. The van der Waals surface area contributed by atoms with Gasteiger partial charge in [0.25, 0.3) is 5.91 Å². The molecular formula is C13H11F3N2O4. The van der Waals surface area contributed by atoms with Crippen molar-refractivity contribution in [1.29, 1.82) is 5.26 Å². The Morgan fingerprint density at radius 2 is 1.95 bits per heavy atom. The highest BCUT2D eigenvalue weighted by Crippen LogP contribution is 2.18. The van der Waals surface area contributed by atoms with Crippen LogP contribution in [-0.4, -0.2) is 30.9 Å². The van der Waals surface area contributed by atoms with Crippen molar-refractivity contribution < 1.29 is 32.5 Å². The molecule has 0 fully saturated rings. The van der Waals surface area contributed by atoms with E-state index in [-0.39, 0.29) is 5.69 Å². The number of rotatable bonds is 5. The van der Waals surface area contributed by atoms with Crippen LogP contribution in [0.15, 0.2) is 35.8 Å². The summed E-state index contributed by atoms with van der Waals surface area (Å²) in [5, 5.41) is 20.2. The van der Waals surface area contributed by atoms with Gasteiger partial charge in [-0.2, -0.15) is 18.4 Å². The first-order chi connectivity index (χ1) is 10.3. The molecule has 0 spiro atoms. The van der Waals surface area contributed by atoms with Crippen LogP contribution in [0.1, 0.15) is 0 Å². The van der Waals surface area contributed by atoms with Gasteiger partial charge in [0.15, 0.2) is 12.2 Å². The fourth-order valence-electron chi connectivity index (χ4n) is 1.29. The van der Waals surface area contributed by atoms with E-state index in [0.29, 0.717) is 5.75 Å². The Kier molecular flexibility index (Phi) is 5.63. The van der Waals surface area contributed by atoms with E-state index in [2.05, 4.69) is 10.1 Å². The van der Waals surface area contributed by atoms with Gasteiger partial charge in [-0.15, -0.1) is 0 Å². The second-order valence-corrected chi connectivity index (χ2v) is 3.88. The van der Waals surface area contributed by atoms with E-state index in [4.69, 9.17) is 10.00 Å². The minimum absolute atomic E-state index is 0.252. The molecule has 0 unspecified atom stereocenters. The Hall–Kier alpha value is -2.89. The Morgan fingerprint density at radius 1 is 1.36 bits per heavy atom. The number of halogens is 3. The Morgan fingerprint density at radius 3 is 2.41 bits per heavy atom. The van der Waals surface area contributed by atoms with Crippen molar-refractivity contribution >= 4 is 11.6 Å². The highest BCUT2D eigenvalue weighted by atomic mass is 19.4. The largest absolute Gasteiger partial charge is 0.497 e. The van der Waals surface area contributed by atoms with Crippen LogP contribution in [-0.2, 0) is 9.53 Å². The number of aliphatic hydroxyl groups is 1. The first kappa shape index (κ1) is 17.2. The number of nitrogens with one attached hydrogen (secondary N) is 1. The topological polar surface area (TPSA) is 91.6 Å². The number of hydrogen-bond donors (Lipinski definition) is 2. The van der Waals surface area contributed by atoms with E-state index in [1.54, 1.807) is 0 Å². The molecule has 1 amide bonds. The lowest BCUT2D eigenvalue weighted by Gasteiger charge is -2.10. The molecule has 118 valence electrons. The second kappa shape index (κ2) is 7.21. The van der Waals surface area contributed by atoms with Gasteiger partial charge < -0.3 is 19.9 Å². The molecule has 0 aromatic heterocycles. The molecule has 1 rings (SSSR count). The molecule has 0 aliphatic carbocycles. The summed E-state index contributed by atoms with van der Waals surface area (Å²) in [6, 6.07) is 7.21. The monoisotopic (exact) mass is 316 g/mol. The zero-order chi connectivity index (χ0) is 16.8. The molecule has 1 aromatic rings. The number of alkyl halides is 3. The predicted molar refractivity (Wildman–Crippen MR) is 68.9 cm³/mol. The highest BCUT2D eigenvalue weighted by Gasteiger charge is 2.30. The van der Waals surface area contributed by atoms with Crippen molar-refractivity contribution in [2.24, 2.45) is 0 Å². The molecule has 0 bridgehead atoms. The van der Waals surface area contributed by atoms with Crippen molar-refractivity contribution in [3.63, 3.8) is 0 Å². The summed E-state index contributed by atoms with van der Waals surface area (Å²) >= 11 is 0. The van der Waals surface area contributed by atoms with Crippen LogP contribution in [0.4, 0.5) is 18.9 Å². The highest BCUT2D eigenvalue weighted by molar-refractivity contribution is 6.06. The van der Waals surface area contributed by atoms with Crippen LogP contribution >= 0.6 is 0 Å². The minimum Gasteiger partial charge on any atom is -0.497 e. The fourth-order valence-corrected chi connectivity index (χ4v) is 1.29. The van der Waals surface area contributed by atoms with Crippen molar-refractivity contribution in [3.05, 3.63) is 35.8 Å². The molecule has 0 saturated heterocycles. The van der Waals surface area contributed by atoms with Crippen molar-refractivity contribution in [2.75, 3.05) is 19.0 Å². The van der Waals surface area contributed by atoms with Gasteiger partial charge in [0.05, 0.1) is 7.11 Å². The van der Waals surface area contributed by atoms with Crippen molar-refractivity contribution in [1.82, 2.24) is 0 Å². The molecule has 0 heterocycles. The molecule has 1 aromatic carbocycles. The average molecular weight is 316 g/mol. The lowest BCUT2D eigenvalue weighted by molar-refractivity contribution is -0.173. The number of carbonyl (C=O) groups excluding carboxylic acids is 1. The van der Waals surface area contributed by atoms with Crippen LogP contribution in [0, 0.1) is 11.3 Å². The molecule has 0 aliphatic heterocycles. The molecule has 0 atom stereocenters. The number of benzene rings is 1. The molecule has 22 heavy (non-hydrogen) atoms. The zero-order valence-electron chi connectivity index (χ0n) is 11.3. The van der Waals surface area contributed by atoms with Crippen LogP contribution in [0.3, 0.4) is 0 Å². The third-order valence-corrected chi connectivity index (χ3v) is 2.27. The van der Waals surface area contributed by atoms with Gasteiger partial charge in [0.1, 0.15) is 11.8 Å². The van der Waals surface area contributed by atoms with Crippen LogP contribution in [0.5, 0.6) is 5.75 Å². The Balaban J connectivity index is 2.81. The van der Waals surface area contributed by atoms with E-state index >= 15 is 0 Å². The predicted octanol–water partition coefficient (Wildman–Crippen LogP) is 2.51. The van der Waals surface area contributed by atoms with Gasteiger partial charge >= 0.3 is 12.1 Å². The van der Waals surface area contributed by atoms with Crippen molar-refractivity contribution in [2.45, 2.75) is 6.18 Å². The Labute approximate surface area is 123 Å². The fraction of sp³-hybridized carbons (Fsp3) is 0.231. The van der Waals surface area contributed by atoms with Gasteiger partial charge in [-0.1, -0.05) is 0 Å². The number of nitriles is 1. The summed E-state index contributed by atoms with van der Waals surface area (Å²) in [7, 11) is 1.44. The molecule has 0 aliphatic rings. The van der Waals surface area contributed by atoms with E-state index in [0.717, 1.165) is 0 Å². The standard InChI is InChI=1S/C13H11F3N2O4/c1-21-9-4-2-8(3-5-9)18-11(19)10(6-17)12(20)22-7-13(14,15)16/h2-5,20H,7H2,1H3,(H,18,19). The lowest BCUT2D eigenvalue weighted by atomic mass is 10.2. The summed E-state index contributed by atoms with van der Waals surface area (Å²) < 4.78 is 44.7. The molecule has 9 heteroatoms. The number of ether oxygens (including phenoxy) is 2. The first-order valence-electron chi connectivity index (χ1n) is 5.75. The van der Waals surface area contributed by atoms with Crippen molar-refractivity contribution in [3.8, 4) is 11.8 Å². The number of hydrogen-bond acceptors (Lipinski definition) is 5. The van der Waals surface area contributed by atoms with Gasteiger partial charge in [0, 0.05) is 5.69 Å². The molecular weight excluding hydrogens is 305 g/mol. The summed E-state index contributed by atoms with van der Waals surface area (Å²) in [6.45, 7) is -1.82. The summed E-state index contributed by atoms with van der Waals surface area (Å²) in [6.07, 6.45) is -4.71. The first-order valence-corrected chi connectivity index (χ1v) is 5.75. The van der Waals surface area contributed by atoms with Gasteiger partial charge in [-0.05, 0) is 24.3 Å². The number of aliphatic hydroxyl groups excluding tert-OH is 1. The van der Waals surface area contributed by atoms with E-state index in [1.807, 2.05) is 0 Å². The smallest absolute Gasteiger partial charge is 0.422 e. The third-order valence-electron chi connectivity index (χ3n) is 2.27. The van der Waals surface area contributed by atoms with Crippen LogP contribution in [0.25, 0.3) is 0 Å². The maximum absolute atomic E-state index is 11.9. The number of amides is 1. The van der Waals surface area contributed by atoms with Crippen LogP contribution < -0.4 is 10.1 Å². The molecule has 0 saturated carbocycles. The number of methoxy groups -OCH3 is 1. The molecule has 6 nitrogen and oxygen atoms in total. The summed E-state index contributed by atoms with van der Waals surface area (Å²) in [5.41, 5.74) is -0.720. The molecule has 2 N–H and O–H groups in total. The maximum atomic E-state index is 11.9. The number of nitrogens with zero attached hydrogens (tertiary/aromatic N) is 1. The normalized spacial score (nSPS) is 12.0. The minimum atomic E-state index is -4.71. The van der Waals surface area contributed by atoms with Gasteiger partial charge in [-0.25, -0.2) is 0 Å². The van der Waals surface area contributed by atoms with E-state index in [9.17, 15) is 23.1 Å². The molecule has 0 radical (unpaired) electrons. The van der Waals surface area contributed by atoms with E-state index in [1.165, 1.54) is 37.4 Å². The number of carbonyl (C=O) groups is 1. The van der Waals surface area contributed by atoms with E-state index < -0.39 is 30.2 Å². The van der Waals surface area contributed by atoms with Gasteiger partial charge in [0.2, 0.25) is 0 Å². The quantitative estimate of drug-likeness (QED) is 0.495. The summed E-state index contributed by atoms with van der Waals surface area (Å²) in [5.74, 6) is -1.98. The lowest BCUT2D eigenvalue weighted by Crippen LogP contribution is -2.20. The number of anilines is 1.